The summed E-state index contributed by atoms with van der Waals surface area (Å²) in [7, 11) is 0. The van der Waals surface area contributed by atoms with Gasteiger partial charge >= 0.3 is 0 Å². The van der Waals surface area contributed by atoms with Crippen LogP contribution in [0, 0.1) is 5.41 Å². The number of amides is 2. The van der Waals surface area contributed by atoms with Crippen LogP contribution < -0.4 is 5.32 Å². The summed E-state index contributed by atoms with van der Waals surface area (Å²) >= 11 is 12.3. The minimum absolute atomic E-state index is 0.0208. The first kappa shape index (κ1) is 16.1. The largest absolute Gasteiger partial charge is 0.342 e. The van der Waals surface area contributed by atoms with E-state index in [1.165, 1.54) is 4.90 Å². The Morgan fingerprint density at radius 2 is 1.81 bits per heavy atom. The lowest BCUT2D eigenvalue weighted by Gasteiger charge is -2.39. The predicted octanol–water partition coefficient (Wildman–Crippen LogP) is 2.87. The highest BCUT2D eigenvalue weighted by molar-refractivity contribution is 6.36. The van der Waals surface area contributed by atoms with Crippen molar-refractivity contribution in [3.8, 4) is 0 Å². The maximum atomic E-state index is 12.6. The second kappa shape index (κ2) is 5.85. The molecule has 21 heavy (non-hydrogen) atoms. The van der Waals surface area contributed by atoms with Crippen LogP contribution in [0.1, 0.15) is 26.3 Å². The summed E-state index contributed by atoms with van der Waals surface area (Å²) < 4.78 is 0. The van der Waals surface area contributed by atoms with Gasteiger partial charge in [0, 0.05) is 22.2 Å². The van der Waals surface area contributed by atoms with E-state index in [4.69, 9.17) is 23.2 Å². The van der Waals surface area contributed by atoms with Gasteiger partial charge in [-0.1, -0.05) is 50.0 Å². The molecule has 0 aliphatic carbocycles. The van der Waals surface area contributed by atoms with Crippen LogP contribution in [0.2, 0.25) is 10.0 Å². The second-order valence-electron chi connectivity index (χ2n) is 6.26. The van der Waals surface area contributed by atoms with E-state index in [1.54, 1.807) is 18.2 Å². The van der Waals surface area contributed by atoms with Crippen molar-refractivity contribution >= 4 is 35.0 Å². The topological polar surface area (TPSA) is 49.4 Å². The standard InChI is InChI=1S/C15H18Cl2N2O2/c1-15(2,3)13-14(21)19(8-12(20)18-13)7-9-10(16)5-4-6-11(9)17/h4-6,13H,7-8H2,1-3H3,(H,18,20). The zero-order valence-corrected chi connectivity index (χ0v) is 13.8. The van der Waals surface area contributed by atoms with Gasteiger partial charge in [0.05, 0.1) is 6.54 Å². The number of benzene rings is 1. The number of carbonyl (C=O) groups excluding carboxylic acids is 2. The zero-order chi connectivity index (χ0) is 15.8. The van der Waals surface area contributed by atoms with E-state index in [1.807, 2.05) is 20.8 Å². The number of rotatable bonds is 2. The van der Waals surface area contributed by atoms with E-state index < -0.39 is 6.04 Å². The molecule has 0 aromatic heterocycles. The summed E-state index contributed by atoms with van der Waals surface area (Å²) in [6.45, 7) is 6.01. The molecule has 1 N–H and O–H groups in total. The van der Waals surface area contributed by atoms with E-state index in [9.17, 15) is 9.59 Å². The molecule has 1 saturated heterocycles. The lowest BCUT2D eigenvalue weighted by molar-refractivity contribution is -0.147. The Hall–Kier alpha value is -1.26. The first-order chi connectivity index (χ1) is 9.70. The molecule has 114 valence electrons. The average Bonchev–Trinajstić information content (AvgIpc) is 2.36. The van der Waals surface area contributed by atoms with Crippen LogP contribution in [0.25, 0.3) is 0 Å². The summed E-state index contributed by atoms with van der Waals surface area (Å²) in [4.78, 5) is 25.9. The van der Waals surface area contributed by atoms with Crippen LogP contribution in [0.3, 0.4) is 0 Å². The van der Waals surface area contributed by atoms with Crippen molar-refractivity contribution in [2.75, 3.05) is 6.54 Å². The van der Waals surface area contributed by atoms with Crippen molar-refractivity contribution in [3.63, 3.8) is 0 Å². The van der Waals surface area contributed by atoms with Crippen molar-refractivity contribution in [2.24, 2.45) is 5.41 Å². The Morgan fingerprint density at radius 1 is 1.24 bits per heavy atom. The lowest BCUT2D eigenvalue weighted by atomic mass is 9.84. The SMILES string of the molecule is CC(C)(C)C1NC(=O)CN(Cc2c(Cl)cccc2Cl)C1=O. The predicted molar refractivity (Wildman–Crippen MR) is 83.3 cm³/mol. The third-order valence-electron chi connectivity index (χ3n) is 3.48. The Labute approximate surface area is 134 Å². The molecule has 2 rings (SSSR count). The molecule has 0 bridgehead atoms. The maximum absolute atomic E-state index is 12.6. The van der Waals surface area contributed by atoms with Crippen LogP contribution in [0.4, 0.5) is 0 Å². The summed E-state index contributed by atoms with van der Waals surface area (Å²) in [6, 6.07) is 4.65. The number of nitrogens with zero attached hydrogens (tertiary/aromatic N) is 1. The lowest BCUT2D eigenvalue weighted by Crippen LogP contribution is -2.61. The highest BCUT2D eigenvalue weighted by atomic mass is 35.5. The normalized spacial score (nSPS) is 19.7. The fourth-order valence-electron chi connectivity index (χ4n) is 2.30. The van der Waals surface area contributed by atoms with Crippen LogP contribution in [-0.2, 0) is 16.1 Å². The number of piperazine rings is 1. The molecule has 1 heterocycles. The minimum Gasteiger partial charge on any atom is -0.342 e. The molecule has 1 unspecified atom stereocenters. The van der Waals surface area contributed by atoms with E-state index in [0.29, 0.717) is 15.6 Å². The van der Waals surface area contributed by atoms with Gasteiger partial charge < -0.3 is 10.2 Å². The monoisotopic (exact) mass is 328 g/mol. The van der Waals surface area contributed by atoms with Crippen molar-refractivity contribution in [1.82, 2.24) is 10.2 Å². The maximum Gasteiger partial charge on any atom is 0.246 e. The van der Waals surface area contributed by atoms with Gasteiger partial charge in [0.1, 0.15) is 6.04 Å². The van der Waals surface area contributed by atoms with Crippen molar-refractivity contribution < 1.29 is 9.59 Å². The Morgan fingerprint density at radius 3 is 2.33 bits per heavy atom. The third kappa shape index (κ3) is 3.50. The van der Waals surface area contributed by atoms with Gasteiger partial charge in [0.15, 0.2) is 0 Å². The van der Waals surface area contributed by atoms with Crippen molar-refractivity contribution in [2.45, 2.75) is 33.4 Å². The summed E-state index contributed by atoms with van der Waals surface area (Å²) in [5.41, 5.74) is 0.312. The average molecular weight is 329 g/mol. The minimum atomic E-state index is -0.542. The quantitative estimate of drug-likeness (QED) is 0.907. The van der Waals surface area contributed by atoms with Gasteiger partial charge in [-0.3, -0.25) is 9.59 Å². The van der Waals surface area contributed by atoms with Crippen LogP contribution in [-0.4, -0.2) is 29.3 Å². The van der Waals surface area contributed by atoms with Gasteiger partial charge in [-0.05, 0) is 17.5 Å². The molecule has 0 spiro atoms. The zero-order valence-electron chi connectivity index (χ0n) is 12.2. The van der Waals surface area contributed by atoms with E-state index in [-0.39, 0.29) is 30.3 Å². The molecule has 1 fully saturated rings. The highest BCUT2D eigenvalue weighted by Crippen LogP contribution is 2.28. The Kier molecular flexibility index (Phi) is 4.49. The van der Waals surface area contributed by atoms with Gasteiger partial charge in [-0.2, -0.15) is 0 Å². The first-order valence-electron chi connectivity index (χ1n) is 6.71. The van der Waals surface area contributed by atoms with Crippen LogP contribution in [0.15, 0.2) is 18.2 Å². The van der Waals surface area contributed by atoms with Gasteiger partial charge in [-0.15, -0.1) is 0 Å². The highest BCUT2D eigenvalue weighted by Gasteiger charge is 2.40. The molecule has 4 nitrogen and oxygen atoms in total. The van der Waals surface area contributed by atoms with Crippen LogP contribution >= 0.6 is 23.2 Å². The molecule has 1 aromatic carbocycles. The fourth-order valence-corrected chi connectivity index (χ4v) is 2.81. The number of nitrogens with one attached hydrogen (secondary N) is 1. The van der Waals surface area contributed by atoms with E-state index in [2.05, 4.69) is 5.32 Å². The van der Waals surface area contributed by atoms with Gasteiger partial charge in [0.25, 0.3) is 0 Å². The Bertz CT molecular complexity index is 561. The van der Waals surface area contributed by atoms with Crippen LogP contribution in [0.5, 0.6) is 0 Å². The molecule has 1 aliphatic heterocycles. The van der Waals surface area contributed by atoms with Gasteiger partial charge in [0.2, 0.25) is 11.8 Å². The smallest absolute Gasteiger partial charge is 0.246 e. The number of halogens is 2. The second-order valence-corrected chi connectivity index (χ2v) is 7.08. The summed E-state index contributed by atoms with van der Waals surface area (Å²) in [5, 5.41) is 3.74. The third-order valence-corrected chi connectivity index (χ3v) is 4.18. The van der Waals surface area contributed by atoms with E-state index >= 15 is 0 Å². The molecule has 6 heteroatoms. The Balaban J connectivity index is 2.27. The molecule has 1 aromatic rings. The van der Waals surface area contributed by atoms with Crippen molar-refractivity contribution in [3.05, 3.63) is 33.8 Å². The number of hydrogen-bond acceptors (Lipinski definition) is 2. The van der Waals surface area contributed by atoms with Gasteiger partial charge in [-0.25, -0.2) is 0 Å². The fraction of sp³-hybridized carbons (Fsp3) is 0.467. The first-order valence-corrected chi connectivity index (χ1v) is 7.47. The molecule has 1 atom stereocenters. The molecule has 1 aliphatic rings. The number of hydrogen-bond donors (Lipinski definition) is 1. The van der Waals surface area contributed by atoms with Crippen molar-refractivity contribution in [1.29, 1.82) is 0 Å². The molecule has 0 radical (unpaired) electrons. The molecular formula is C15H18Cl2N2O2. The molecule has 2 amide bonds. The number of carbonyl (C=O) groups is 2. The summed E-state index contributed by atoms with van der Waals surface area (Å²) in [6.07, 6.45) is 0. The molecule has 0 saturated carbocycles. The summed E-state index contributed by atoms with van der Waals surface area (Å²) in [5.74, 6) is -0.282. The molecular weight excluding hydrogens is 311 g/mol. The van der Waals surface area contributed by atoms with E-state index in [0.717, 1.165) is 0 Å².